The summed E-state index contributed by atoms with van der Waals surface area (Å²) >= 11 is 0. The summed E-state index contributed by atoms with van der Waals surface area (Å²) in [5.41, 5.74) is 8.96. The van der Waals surface area contributed by atoms with Crippen molar-refractivity contribution in [1.82, 2.24) is 9.55 Å². The smallest absolute Gasteiger partial charge is 0.277 e. The second-order valence-electron chi connectivity index (χ2n) is 10.5. The van der Waals surface area contributed by atoms with Crippen molar-refractivity contribution in [2.45, 2.75) is 0 Å². The Morgan fingerprint density at radius 1 is 0.628 bits per heavy atom. The van der Waals surface area contributed by atoms with Gasteiger partial charge in [-0.25, -0.2) is 4.98 Å². The van der Waals surface area contributed by atoms with Gasteiger partial charge >= 0.3 is 0 Å². The minimum absolute atomic E-state index is 0.0898. The number of hydrogen-bond acceptors (Lipinski definition) is 4. The molecule has 43 heavy (non-hydrogen) atoms. The fraction of sp³-hybridized carbons (Fsp3) is 0. The Labute approximate surface area is 246 Å². The molecule has 0 aliphatic carbocycles. The zero-order valence-corrected chi connectivity index (χ0v) is 22.8. The zero-order chi connectivity index (χ0) is 28.9. The molecule has 0 atom stereocenters. The molecule has 8 aromatic rings. The minimum Gasteiger partial charge on any atom is -0.434 e. The number of benzene rings is 6. The standard InChI is InChI=1S/C37H23N3O3/c41-40(42)34-17-8-7-16-29(34)27-13-9-12-25(22-27)26-18-21-33-31(23-26)30-19-20-32-36(35(30)39(33)28-14-5-2-6-15-28)43-37(38-32)24-10-3-1-4-11-24/h1-23H. The van der Waals surface area contributed by atoms with Crippen LogP contribution in [0.3, 0.4) is 0 Å². The maximum Gasteiger partial charge on any atom is 0.277 e. The van der Waals surface area contributed by atoms with Gasteiger partial charge < -0.3 is 8.98 Å². The highest BCUT2D eigenvalue weighted by Crippen LogP contribution is 2.40. The predicted octanol–water partition coefficient (Wildman–Crippen LogP) is 9.83. The van der Waals surface area contributed by atoms with Crippen LogP contribution in [0.25, 0.3) is 72.3 Å². The molecular formula is C37H23N3O3. The molecule has 0 bridgehead atoms. The monoisotopic (exact) mass is 557 g/mol. The third-order valence-electron chi connectivity index (χ3n) is 7.93. The molecule has 6 nitrogen and oxygen atoms in total. The number of fused-ring (bicyclic) bond motifs is 5. The number of oxazole rings is 1. The molecule has 0 N–H and O–H groups in total. The van der Waals surface area contributed by atoms with E-state index in [1.807, 2.05) is 84.9 Å². The lowest BCUT2D eigenvalue weighted by Crippen LogP contribution is -1.93. The highest BCUT2D eigenvalue weighted by atomic mass is 16.6. The average molecular weight is 558 g/mol. The van der Waals surface area contributed by atoms with Gasteiger partial charge in [0.25, 0.3) is 5.69 Å². The van der Waals surface area contributed by atoms with Crippen molar-refractivity contribution >= 4 is 38.6 Å². The topological polar surface area (TPSA) is 74.1 Å². The zero-order valence-electron chi connectivity index (χ0n) is 22.8. The first-order valence-corrected chi connectivity index (χ1v) is 14.0. The molecule has 6 aromatic carbocycles. The molecule has 8 rings (SSSR count). The highest BCUT2D eigenvalue weighted by Gasteiger charge is 2.20. The molecule has 0 aliphatic heterocycles. The van der Waals surface area contributed by atoms with Gasteiger partial charge in [0.05, 0.1) is 21.5 Å². The Kier molecular flexibility index (Phi) is 5.65. The maximum absolute atomic E-state index is 11.7. The third-order valence-corrected chi connectivity index (χ3v) is 7.93. The lowest BCUT2D eigenvalue weighted by Gasteiger charge is -2.09. The fourth-order valence-electron chi connectivity index (χ4n) is 5.96. The van der Waals surface area contributed by atoms with Gasteiger partial charge in [-0.2, -0.15) is 0 Å². The number of rotatable bonds is 5. The predicted molar refractivity (Wildman–Crippen MR) is 171 cm³/mol. The summed E-state index contributed by atoms with van der Waals surface area (Å²) in [6.07, 6.45) is 0. The van der Waals surface area contributed by atoms with Crippen molar-refractivity contribution in [2.75, 3.05) is 0 Å². The number of nitrogens with zero attached hydrogens (tertiary/aromatic N) is 3. The van der Waals surface area contributed by atoms with Crippen molar-refractivity contribution in [3.63, 3.8) is 0 Å². The Bertz CT molecular complexity index is 2320. The van der Waals surface area contributed by atoms with Gasteiger partial charge in [0.1, 0.15) is 5.52 Å². The third kappa shape index (κ3) is 4.08. The molecule has 204 valence electrons. The van der Waals surface area contributed by atoms with Crippen molar-refractivity contribution < 1.29 is 9.34 Å². The molecule has 0 unspecified atom stereocenters. The van der Waals surface area contributed by atoms with Crippen LogP contribution in [-0.2, 0) is 0 Å². The molecule has 0 aliphatic rings. The second kappa shape index (κ2) is 9.82. The lowest BCUT2D eigenvalue weighted by atomic mass is 9.97. The first kappa shape index (κ1) is 24.8. The van der Waals surface area contributed by atoms with E-state index in [1.165, 1.54) is 0 Å². The van der Waals surface area contributed by atoms with Crippen LogP contribution in [0, 0.1) is 10.1 Å². The summed E-state index contributed by atoms with van der Waals surface area (Å²) in [7, 11) is 0. The van der Waals surface area contributed by atoms with E-state index in [-0.39, 0.29) is 10.6 Å². The van der Waals surface area contributed by atoms with Gasteiger partial charge in [0.15, 0.2) is 5.58 Å². The first-order chi connectivity index (χ1) is 21.2. The Hall–Kier alpha value is -6.01. The van der Waals surface area contributed by atoms with E-state index in [0.29, 0.717) is 11.5 Å². The number of nitro benzene ring substituents is 1. The maximum atomic E-state index is 11.7. The summed E-state index contributed by atoms with van der Waals surface area (Å²) < 4.78 is 8.72. The van der Waals surface area contributed by atoms with E-state index in [9.17, 15) is 10.1 Å². The highest BCUT2D eigenvalue weighted by molar-refractivity contribution is 6.17. The summed E-state index contributed by atoms with van der Waals surface area (Å²) in [6.45, 7) is 0. The molecule has 0 radical (unpaired) electrons. The molecule has 0 saturated carbocycles. The van der Waals surface area contributed by atoms with Crippen LogP contribution in [0.4, 0.5) is 5.69 Å². The molecule has 2 heterocycles. The molecule has 0 saturated heterocycles. The lowest BCUT2D eigenvalue weighted by molar-refractivity contribution is -0.384. The summed E-state index contributed by atoms with van der Waals surface area (Å²) in [5, 5.41) is 13.8. The fourth-order valence-corrected chi connectivity index (χ4v) is 5.96. The SMILES string of the molecule is O=[N+]([O-])c1ccccc1-c1cccc(-c2ccc3c(c2)c2ccc4nc(-c5ccccc5)oc4c2n3-c2ccccc2)c1. The van der Waals surface area contributed by atoms with Crippen LogP contribution in [0.1, 0.15) is 0 Å². The molecular weight excluding hydrogens is 534 g/mol. The van der Waals surface area contributed by atoms with Crippen molar-refractivity contribution in [3.8, 4) is 39.4 Å². The van der Waals surface area contributed by atoms with Crippen molar-refractivity contribution in [3.05, 3.63) is 150 Å². The Morgan fingerprint density at radius 2 is 1.33 bits per heavy atom. The van der Waals surface area contributed by atoms with Crippen LogP contribution in [0.2, 0.25) is 0 Å². The second-order valence-corrected chi connectivity index (χ2v) is 10.5. The van der Waals surface area contributed by atoms with Gasteiger partial charge in [0, 0.05) is 28.1 Å². The van der Waals surface area contributed by atoms with E-state index in [4.69, 9.17) is 9.40 Å². The van der Waals surface area contributed by atoms with Crippen LogP contribution in [0.15, 0.2) is 144 Å². The van der Waals surface area contributed by atoms with Crippen LogP contribution < -0.4 is 0 Å². The molecule has 0 fully saturated rings. The van der Waals surface area contributed by atoms with Crippen molar-refractivity contribution in [2.24, 2.45) is 0 Å². The molecule has 0 amide bonds. The van der Waals surface area contributed by atoms with Crippen LogP contribution in [0.5, 0.6) is 0 Å². The average Bonchev–Trinajstić information content (AvgIpc) is 3.65. The van der Waals surface area contributed by atoms with E-state index in [2.05, 4.69) is 41.0 Å². The van der Waals surface area contributed by atoms with Gasteiger partial charge in [-0.05, 0) is 77.4 Å². The van der Waals surface area contributed by atoms with E-state index >= 15 is 0 Å². The van der Waals surface area contributed by atoms with Gasteiger partial charge in [-0.15, -0.1) is 0 Å². The first-order valence-electron chi connectivity index (χ1n) is 14.0. The van der Waals surface area contributed by atoms with Gasteiger partial charge in [0.2, 0.25) is 5.89 Å². The quantitative estimate of drug-likeness (QED) is 0.156. The number of hydrogen-bond donors (Lipinski definition) is 0. The number of para-hydroxylation sites is 2. The van der Waals surface area contributed by atoms with Crippen molar-refractivity contribution in [1.29, 1.82) is 0 Å². The van der Waals surface area contributed by atoms with E-state index in [1.54, 1.807) is 18.2 Å². The van der Waals surface area contributed by atoms with Crippen LogP contribution in [-0.4, -0.2) is 14.5 Å². The van der Waals surface area contributed by atoms with Gasteiger partial charge in [-0.3, -0.25) is 10.1 Å². The molecule has 6 heteroatoms. The summed E-state index contributed by atoms with van der Waals surface area (Å²) in [4.78, 5) is 16.2. The Morgan fingerprint density at radius 3 is 2.14 bits per heavy atom. The van der Waals surface area contributed by atoms with E-state index in [0.717, 1.165) is 60.8 Å². The Balaban J connectivity index is 1.36. The summed E-state index contributed by atoms with van der Waals surface area (Å²) in [6, 6.07) is 45.5. The minimum atomic E-state index is -0.333. The van der Waals surface area contributed by atoms with Gasteiger partial charge in [-0.1, -0.05) is 72.8 Å². The number of aromatic nitrogens is 2. The molecule has 0 spiro atoms. The summed E-state index contributed by atoms with van der Waals surface area (Å²) in [5.74, 6) is 0.584. The number of nitro groups is 1. The van der Waals surface area contributed by atoms with E-state index < -0.39 is 0 Å². The van der Waals surface area contributed by atoms with Crippen LogP contribution >= 0.6 is 0 Å². The molecule has 2 aromatic heterocycles. The normalized spacial score (nSPS) is 11.4. The largest absolute Gasteiger partial charge is 0.434 e.